The first kappa shape index (κ1) is 9.81. The molecule has 0 saturated heterocycles. The van der Waals surface area contributed by atoms with Crippen LogP contribution in [0.3, 0.4) is 0 Å². The lowest BCUT2D eigenvalue weighted by atomic mass is 10.3. The van der Waals surface area contributed by atoms with Crippen LogP contribution in [0.25, 0.3) is 0 Å². The highest BCUT2D eigenvalue weighted by Crippen LogP contribution is 2.23. The lowest BCUT2D eigenvalue weighted by molar-refractivity contribution is 0.530. The first-order valence-corrected chi connectivity index (χ1v) is 5.39. The van der Waals surface area contributed by atoms with Gasteiger partial charge in [0.25, 0.3) is 0 Å². The fourth-order valence-corrected chi connectivity index (χ4v) is 1.97. The largest absolute Gasteiger partial charge is 0.468 e. The quantitative estimate of drug-likeness (QED) is 0.740. The molecule has 0 N–H and O–H groups in total. The maximum absolute atomic E-state index is 8.85. The Morgan fingerprint density at radius 2 is 2.33 bits per heavy atom. The number of aromatic nitrogens is 1. The van der Waals surface area contributed by atoms with E-state index in [0.717, 1.165) is 10.8 Å². The lowest BCUT2D eigenvalue weighted by Gasteiger charge is -1.99. The van der Waals surface area contributed by atoms with Gasteiger partial charge in [-0.05, 0) is 24.3 Å². The standard InChI is InChI=1S/C11H8N2OS/c12-7-9-3-1-5-13-11(9)15-8-10-4-2-6-14-10/h1-6H,8H2. The summed E-state index contributed by atoms with van der Waals surface area (Å²) in [6, 6.07) is 9.38. The molecule has 2 aromatic rings. The van der Waals surface area contributed by atoms with Crippen LogP contribution in [-0.4, -0.2) is 4.98 Å². The van der Waals surface area contributed by atoms with E-state index in [1.807, 2.05) is 12.1 Å². The Kier molecular flexibility index (Phi) is 3.05. The number of thioether (sulfide) groups is 1. The molecule has 0 atom stereocenters. The van der Waals surface area contributed by atoms with Crippen LogP contribution in [0.1, 0.15) is 11.3 Å². The Balaban J connectivity index is 2.08. The van der Waals surface area contributed by atoms with E-state index in [1.54, 1.807) is 24.6 Å². The van der Waals surface area contributed by atoms with Crippen molar-refractivity contribution in [2.45, 2.75) is 10.8 Å². The zero-order valence-electron chi connectivity index (χ0n) is 7.88. The van der Waals surface area contributed by atoms with Crippen molar-refractivity contribution < 1.29 is 4.42 Å². The molecule has 15 heavy (non-hydrogen) atoms. The van der Waals surface area contributed by atoms with E-state index < -0.39 is 0 Å². The molecule has 2 heterocycles. The molecule has 4 heteroatoms. The molecule has 0 aromatic carbocycles. The van der Waals surface area contributed by atoms with Gasteiger partial charge in [-0.1, -0.05) is 11.8 Å². The summed E-state index contributed by atoms with van der Waals surface area (Å²) in [5.41, 5.74) is 0.606. The number of nitrogens with zero attached hydrogens (tertiary/aromatic N) is 2. The smallest absolute Gasteiger partial charge is 0.114 e. The van der Waals surface area contributed by atoms with E-state index in [1.165, 1.54) is 11.8 Å². The molecule has 0 aliphatic heterocycles. The zero-order chi connectivity index (χ0) is 10.5. The molecule has 0 bridgehead atoms. The van der Waals surface area contributed by atoms with Crippen molar-refractivity contribution in [1.29, 1.82) is 5.26 Å². The van der Waals surface area contributed by atoms with Crippen molar-refractivity contribution in [2.24, 2.45) is 0 Å². The molecule has 0 radical (unpaired) electrons. The van der Waals surface area contributed by atoms with Crippen LogP contribution >= 0.6 is 11.8 Å². The number of hydrogen-bond donors (Lipinski definition) is 0. The van der Waals surface area contributed by atoms with E-state index in [9.17, 15) is 0 Å². The predicted octanol–water partition coefficient (Wildman–Crippen LogP) is 2.84. The molecule has 0 spiro atoms. The molecule has 0 saturated carbocycles. The van der Waals surface area contributed by atoms with Crippen molar-refractivity contribution in [3.05, 3.63) is 48.0 Å². The molecule has 0 aliphatic carbocycles. The first-order chi connectivity index (χ1) is 7.40. The van der Waals surface area contributed by atoms with Gasteiger partial charge in [0.2, 0.25) is 0 Å². The van der Waals surface area contributed by atoms with Gasteiger partial charge in [-0.25, -0.2) is 4.98 Å². The summed E-state index contributed by atoms with van der Waals surface area (Å²) in [5.74, 6) is 1.58. The Morgan fingerprint density at radius 1 is 1.40 bits per heavy atom. The number of furan rings is 1. The molecule has 0 aliphatic rings. The monoisotopic (exact) mass is 216 g/mol. The number of pyridine rings is 1. The predicted molar refractivity (Wildman–Crippen MR) is 57.2 cm³/mol. The average Bonchev–Trinajstić information content (AvgIpc) is 2.79. The lowest BCUT2D eigenvalue weighted by Crippen LogP contribution is -1.85. The second-order valence-electron chi connectivity index (χ2n) is 2.84. The third kappa shape index (κ3) is 2.39. The van der Waals surface area contributed by atoms with E-state index in [-0.39, 0.29) is 0 Å². The summed E-state index contributed by atoms with van der Waals surface area (Å²) in [6.07, 6.45) is 3.32. The molecular weight excluding hydrogens is 208 g/mol. The Hall–Kier alpha value is -1.73. The summed E-state index contributed by atoms with van der Waals surface area (Å²) in [5, 5.41) is 9.60. The van der Waals surface area contributed by atoms with Gasteiger partial charge in [-0.3, -0.25) is 0 Å². The highest BCUT2D eigenvalue weighted by molar-refractivity contribution is 7.98. The van der Waals surface area contributed by atoms with Gasteiger partial charge < -0.3 is 4.42 Å². The molecule has 3 nitrogen and oxygen atoms in total. The second-order valence-corrected chi connectivity index (χ2v) is 3.80. The summed E-state index contributed by atoms with van der Waals surface area (Å²) >= 11 is 1.50. The van der Waals surface area contributed by atoms with Gasteiger partial charge in [0.1, 0.15) is 16.9 Å². The SMILES string of the molecule is N#Cc1cccnc1SCc1ccco1. The molecule has 2 rings (SSSR count). The van der Waals surface area contributed by atoms with Crippen LogP contribution in [0.4, 0.5) is 0 Å². The van der Waals surface area contributed by atoms with E-state index >= 15 is 0 Å². The van der Waals surface area contributed by atoms with E-state index in [0.29, 0.717) is 11.3 Å². The fourth-order valence-electron chi connectivity index (χ4n) is 1.13. The average molecular weight is 216 g/mol. The third-order valence-electron chi connectivity index (χ3n) is 1.82. The van der Waals surface area contributed by atoms with Gasteiger partial charge in [-0.2, -0.15) is 5.26 Å². The topological polar surface area (TPSA) is 49.8 Å². The van der Waals surface area contributed by atoms with Crippen molar-refractivity contribution >= 4 is 11.8 Å². The van der Waals surface area contributed by atoms with Crippen molar-refractivity contribution in [3.8, 4) is 6.07 Å². The zero-order valence-corrected chi connectivity index (χ0v) is 8.70. The van der Waals surface area contributed by atoms with Crippen LogP contribution in [0.15, 0.2) is 46.2 Å². The van der Waals surface area contributed by atoms with Gasteiger partial charge in [0.05, 0.1) is 17.6 Å². The highest BCUT2D eigenvalue weighted by Gasteiger charge is 2.04. The normalized spacial score (nSPS) is 9.80. The summed E-state index contributed by atoms with van der Waals surface area (Å²) < 4.78 is 5.20. The number of rotatable bonds is 3. The minimum absolute atomic E-state index is 0.606. The summed E-state index contributed by atoms with van der Waals surface area (Å²) in [4.78, 5) is 4.15. The third-order valence-corrected chi connectivity index (χ3v) is 2.85. The maximum atomic E-state index is 8.85. The van der Waals surface area contributed by atoms with Crippen LogP contribution in [0.2, 0.25) is 0 Å². The van der Waals surface area contributed by atoms with Crippen LogP contribution in [0, 0.1) is 11.3 Å². The maximum Gasteiger partial charge on any atom is 0.114 e. The summed E-state index contributed by atoms with van der Waals surface area (Å²) in [6.45, 7) is 0. The van der Waals surface area contributed by atoms with Gasteiger partial charge in [0, 0.05) is 6.20 Å². The van der Waals surface area contributed by atoms with Crippen molar-refractivity contribution in [3.63, 3.8) is 0 Å². The Morgan fingerprint density at radius 3 is 3.07 bits per heavy atom. The highest BCUT2D eigenvalue weighted by atomic mass is 32.2. The van der Waals surface area contributed by atoms with E-state index in [4.69, 9.17) is 9.68 Å². The number of nitriles is 1. The minimum Gasteiger partial charge on any atom is -0.468 e. The van der Waals surface area contributed by atoms with E-state index in [2.05, 4.69) is 11.1 Å². The Labute approximate surface area is 91.7 Å². The van der Waals surface area contributed by atoms with Crippen molar-refractivity contribution in [2.75, 3.05) is 0 Å². The minimum atomic E-state index is 0.606. The molecule has 2 aromatic heterocycles. The number of hydrogen-bond acceptors (Lipinski definition) is 4. The summed E-state index contributed by atoms with van der Waals surface area (Å²) in [7, 11) is 0. The van der Waals surface area contributed by atoms with Gasteiger partial charge in [0.15, 0.2) is 0 Å². The van der Waals surface area contributed by atoms with Gasteiger partial charge >= 0.3 is 0 Å². The molecule has 0 amide bonds. The van der Waals surface area contributed by atoms with Crippen LogP contribution < -0.4 is 0 Å². The molecular formula is C11H8N2OS. The second kappa shape index (κ2) is 4.67. The molecule has 74 valence electrons. The van der Waals surface area contributed by atoms with Gasteiger partial charge in [-0.15, -0.1) is 0 Å². The molecule has 0 unspecified atom stereocenters. The Bertz CT molecular complexity index is 474. The van der Waals surface area contributed by atoms with Crippen LogP contribution in [-0.2, 0) is 5.75 Å². The first-order valence-electron chi connectivity index (χ1n) is 4.40. The van der Waals surface area contributed by atoms with Crippen LogP contribution in [0.5, 0.6) is 0 Å². The van der Waals surface area contributed by atoms with Crippen molar-refractivity contribution in [1.82, 2.24) is 4.98 Å². The molecule has 0 fully saturated rings. The fraction of sp³-hybridized carbons (Fsp3) is 0.0909.